The van der Waals surface area contributed by atoms with Gasteiger partial charge in [0.05, 0.1) is 31.4 Å². The summed E-state index contributed by atoms with van der Waals surface area (Å²) >= 11 is 0. The van der Waals surface area contributed by atoms with E-state index in [-0.39, 0.29) is 17.3 Å². The first-order chi connectivity index (χ1) is 18.8. The van der Waals surface area contributed by atoms with E-state index in [9.17, 15) is 14.7 Å². The Morgan fingerprint density at radius 3 is 2.13 bits per heavy atom. The number of rotatable bonds is 10. The molecule has 3 aromatic carbocycles. The number of amides is 1. The summed E-state index contributed by atoms with van der Waals surface area (Å²) in [7, 11) is 0. The van der Waals surface area contributed by atoms with Gasteiger partial charge in [-0.05, 0) is 80.3 Å². The molecule has 0 saturated carbocycles. The number of aliphatic hydroxyl groups is 1. The molecule has 0 radical (unpaired) electrons. The van der Waals surface area contributed by atoms with Crippen molar-refractivity contribution in [3.8, 4) is 17.2 Å². The Kier molecular flexibility index (Phi) is 8.59. The molecule has 7 heteroatoms. The summed E-state index contributed by atoms with van der Waals surface area (Å²) < 4.78 is 17.1. The monoisotopic (exact) mass is 529 g/mol. The lowest BCUT2D eigenvalue weighted by Crippen LogP contribution is -2.29. The molecule has 1 N–H and O–H groups in total. The van der Waals surface area contributed by atoms with Gasteiger partial charge in [-0.3, -0.25) is 14.5 Å². The minimum atomic E-state index is -0.878. The molecular weight excluding hydrogens is 494 g/mol. The molecule has 39 heavy (non-hydrogen) atoms. The molecule has 1 fully saturated rings. The summed E-state index contributed by atoms with van der Waals surface area (Å²) in [5.74, 6) is 0.278. The third kappa shape index (κ3) is 5.62. The standard InChI is InChI=1S/C32H35NO6/c1-6-37-24-13-9-11-21(17-24)29-28(30(34)22-15-16-27(39-8-3)26(18-22)20(4)5)31(35)32(36)33(29)23-12-10-14-25(19-23)38-7-2/h9-20,29,34H,6-8H2,1-5H3/b30-28+. The van der Waals surface area contributed by atoms with Crippen molar-refractivity contribution in [2.45, 2.75) is 46.6 Å². The second-order valence-electron chi connectivity index (χ2n) is 9.45. The molecule has 1 aliphatic heterocycles. The van der Waals surface area contributed by atoms with Crippen molar-refractivity contribution in [1.29, 1.82) is 0 Å². The highest BCUT2D eigenvalue weighted by Crippen LogP contribution is 2.44. The number of hydrogen-bond donors (Lipinski definition) is 1. The van der Waals surface area contributed by atoms with E-state index in [1.165, 1.54) is 4.90 Å². The maximum atomic E-state index is 13.6. The van der Waals surface area contributed by atoms with Gasteiger partial charge in [-0.1, -0.05) is 32.0 Å². The highest BCUT2D eigenvalue weighted by atomic mass is 16.5. The van der Waals surface area contributed by atoms with Crippen molar-refractivity contribution >= 4 is 23.1 Å². The summed E-state index contributed by atoms with van der Waals surface area (Å²) in [5.41, 5.74) is 2.47. The van der Waals surface area contributed by atoms with Gasteiger partial charge in [0, 0.05) is 17.3 Å². The maximum absolute atomic E-state index is 13.6. The molecule has 1 heterocycles. The zero-order valence-corrected chi connectivity index (χ0v) is 23.1. The van der Waals surface area contributed by atoms with Crippen LogP contribution in [0.5, 0.6) is 17.2 Å². The number of hydrogen-bond acceptors (Lipinski definition) is 6. The van der Waals surface area contributed by atoms with Gasteiger partial charge in [0.25, 0.3) is 11.7 Å². The van der Waals surface area contributed by atoms with Crippen molar-refractivity contribution in [2.24, 2.45) is 0 Å². The van der Waals surface area contributed by atoms with Crippen LogP contribution in [0.2, 0.25) is 0 Å². The molecule has 1 atom stereocenters. The maximum Gasteiger partial charge on any atom is 0.300 e. The Hall–Kier alpha value is -4.26. The van der Waals surface area contributed by atoms with Gasteiger partial charge in [-0.25, -0.2) is 0 Å². The van der Waals surface area contributed by atoms with Crippen LogP contribution >= 0.6 is 0 Å². The lowest BCUT2D eigenvalue weighted by molar-refractivity contribution is -0.132. The number of benzene rings is 3. The number of carbonyl (C=O) groups excluding carboxylic acids is 2. The van der Waals surface area contributed by atoms with Gasteiger partial charge >= 0.3 is 0 Å². The van der Waals surface area contributed by atoms with Crippen LogP contribution < -0.4 is 19.1 Å². The molecule has 7 nitrogen and oxygen atoms in total. The molecule has 3 aromatic rings. The quantitative estimate of drug-likeness (QED) is 0.180. The van der Waals surface area contributed by atoms with E-state index in [1.807, 2.05) is 58.9 Å². The van der Waals surface area contributed by atoms with E-state index in [0.29, 0.717) is 48.1 Å². The second-order valence-corrected chi connectivity index (χ2v) is 9.45. The minimum Gasteiger partial charge on any atom is -0.507 e. The number of ketones is 1. The van der Waals surface area contributed by atoms with Crippen molar-refractivity contribution in [3.05, 3.63) is 89.0 Å². The third-order valence-electron chi connectivity index (χ3n) is 6.54. The van der Waals surface area contributed by atoms with E-state index in [1.54, 1.807) is 42.5 Å². The lowest BCUT2D eigenvalue weighted by Gasteiger charge is -2.26. The molecule has 0 aromatic heterocycles. The fraction of sp³-hybridized carbons (Fsp3) is 0.312. The van der Waals surface area contributed by atoms with Crippen LogP contribution in [0.3, 0.4) is 0 Å². The van der Waals surface area contributed by atoms with Crippen LogP contribution in [0, 0.1) is 0 Å². The fourth-order valence-corrected chi connectivity index (χ4v) is 4.83. The highest BCUT2D eigenvalue weighted by molar-refractivity contribution is 6.51. The van der Waals surface area contributed by atoms with Gasteiger partial charge in [0.1, 0.15) is 23.0 Å². The molecule has 0 spiro atoms. The number of ether oxygens (including phenoxy) is 3. The second kappa shape index (κ2) is 12.1. The van der Waals surface area contributed by atoms with E-state index in [0.717, 1.165) is 11.3 Å². The summed E-state index contributed by atoms with van der Waals surface area (Å²) in [6, 6.07) is 18.7. The van der Waals surface area contributed by atoms with E-state index < -0.39 is 17.7 Å². The Balaban J connectivity index is 1.93. The van der Waals surface area contributed by atoms with Gasteiger partial charge in [0.2, 0.25) is 0 Å². The zero-order valence-electron chi connectivity index (χ0n) is 23.1. The van der Waals surface area contributed by atoms with E-state index >= 15 is 0 Å². The Labute approximate surface area is 229 Å². The minimum absolute atomic E-state index is 0.00864. The van der Waals surface area contributed by atoms with Crippen LogP contribution in [0.25, 0.3) is 5.76 Å². The van der Waals surface area contributed by atoms with Crippen molar-refractivity contribution in [1.82, 2.24) is 0 Å². The summed E-state index contributed by atoms with van der Waals surface area (Å²) in [5, 5.41) is 11.6. The number of nitrogens with zero attached hydrogens (tertiary/aromatic N) is 1. The van der Waals surface area contributed by atoms with Gasteiger partial charge in [-0.2, -0.15) is 0 Å². The van der Waals surface area contributed by atoms with Crippen molar-refractivity contribution in [2.75, 3.05) is 24.7 Å². The summed E-state index contributed by atoms with van der Waals surface area (Å²) in [6.07, 6.45) is 0. The number of carbonyl (C=O) groups is 2. The van der Waals surface area contributed by atoms with Crippen molar-refractivity contribution < 1.29 is 28.9 Å². The predicted octanol–water partition coefficient (Wildman–Crippen LogP) is 6.63. The Bertz CT molecular complexity index is 1390. The highest BCUT2D eigenvalue weighted by Gasteiger charge is 2.47. The Morgan fingerprint density at radius 1 is 0.846 bits per heavy atom. The first-order valence-electron chi connectivity index (χ1n) is 13.3. The topological polar surface area (TPSA) is 85.3 Å². The number of aliphatic hydroxyl groups excluding tert-OH is 1. The van der Waals surface area contributed by atoms with Crippen LogP contribution in [-0.4, -0.2) is 36.6 Å². The first kappa shape index (κ1) is 27.8. The molecule has 0 bridgehead atoms. The van der Waals surface area contributed by atoms with E-state index in [4.69, 9.17) is 14.2 Å². The summed E-state index contributed by atoms with van der Waals surface area (Å²) in [4.78, 5) is 28.6. The van der Waals surface area contributed by atoms with Gasteiger partial charge < -0.3 is 19.3 Å². The van der Waals surface area contributed by atoms with Crippen molar-refractivity contribution in [3.63, 3.8) is 0 Å². The van der Waals surface area contributed by atoms with Crippen LogP contribution in [-0.2, 0) is 9.59 Å². The van der Waals surface area contributed by atoms with Gasteiger partial charge in [0.15, 0.2) is 0 Å². The SMILES string of the molecule is CCOc1cccc(C2/C(=C(\O)c3ccc(OCC)c(C(C)C)c3)C(=O)C(=O)N2c2cccc(OCC)c2)c1. The molecule has 1 aliphatic rings. The first-order valence-corrected chi connectivity index (χ1v) is 13.3. The molecule has 1 saturated heterocycles. The Morgan fingerprint density at radius 2 is 1.49 bits per heavy atom. The average Bonchev–Trinajstić information content (AvgIpc) is 3.19. The molecule has 204 valence electrons. The van der Waals surface area contributed by atoms with Crippen LogP contribution in [0.1, 0.15) is 63.3 Å². The molecule has 1 amide bonds. The van der Waals surface area contributed by atoms with Crippen LogP contribution in [0.15, 0.2) is 72.3 Å². The predicted molar refractivity (Wildman–Crippen MR) is 152 cm³/mol. The molecule has 1 unspecified atom stereocenters. The third-order valence-corrected chi connectivity index (χ3v) is 6.54. The zero-order chi connectivity index (χ0) is 28.1. The fourth-order valence-electron chi connectivity index (χ4n) is 4.83. The summed E-state index contributed by atoms with van der Waals surface area (Å²) in [6.45, 7) is 11.2. The lowest BCUT2D eigenvalue weighted by atomic mass is 9.93. The number of Topliss-reactive ketones (excluding diaryl/α,β-unsaturated/α-hetero) is 1. The molecule has 0 aliphatic carbocycles. The smallest absolute Gasteiger partial charge is 0.300 e. The average molecular weight is 530 g/mol. The molecule has 4 rings (SSSR count). The largest absolute Gasteiger partial charge is 0.507 e. The van der Waals surface area contributed by atoms with Gasteiger partial charge in [-0.15, -0.1) is 0 Å². The van der Waals surface area contributed by atoms with Crippen LogP contribution in [0.4, 0.5) is 5.69 Å². The van der Waals surface area contributed by atoms with E-state index in [2.05, 4.69) is 0 Å². The normalized spacial score (nSPS) is 16.6. The number of anilines is 1. The molecular formula is C32H35NO6.